The van der Waals surface area contributed by atoms with E-state index in [9.17, 15) is 23.3 Å². The van der Waals surface area contributed by atoms with E-state index in [1.165, 1.54) is 17.0 Å². The second-order valence-corrected chi connectivity index (χ2v) is 8.50. The molecule has 0 aromatic heterocycles. The van der Waals surface area contributed by atoms with Gasteiger partial charge in [0.1, 0.15) is 6.54 Å². The van der Waals surface area contributed by atoms with Crippen molar-refractivity contribution in [3.8, 4) is 0 Å². The van der Waals surface area contributed by atoms with Crippen LogP contribution in [-0.4, -0.2) is 44.0 Å². The summed E-state index contributed by atoms with van der Waals surface area (Å²) in [5, 5.41) is 11.0. The highest BCUT2D eigenvalue weighted by Gasteiger charge is 2.26. The van der Waals surface area contributed by atoms with Gasteiger partial charge in [0, 0.05) is 19.2 Å². The number of para-hydroxylation sites is 1. The minimum Gasteiger partial charge on any atom is -0.337 e. The average molecular weight is 405 g/mol. The van der Waals surface area contributed by atoms with Crippen LogP contribution in [0, 0.1) is 17.0 Å². The zero-order valence-electron chi connectivity index (χ0n) is 16.2. The van der Waals surface area contributed by atoms with Gasteiger partial charge in [-0.25, -0.2) is 8.42 Å². The fourth-order valence-corrected chi connectivity index (χ4v) is 3.70. The first-order valence-corrected chi connectivity index (χ1v) is 10.4. The molecular formula is C19H23N3O5S. The number of carbonyl (C=O) groups excluding carboxylic acids is 1. The van der Waals surface area contributed by atoms with Crippen molar-refractivity contribution in [3.63, 3.8) is 0 Å². The predicted molar refractivity (Wildman–Crippen MR) is 108 cm³/mol. The number of amides is 1. The number of hydrogen-bond donors (Lipinski definition) is 0. The van der Waals surface area contributed by atoms with Gasteiger partial charge in [-0.05, 0) is 31.0 Å². The van der Waals surface area contributed by atoms with Crippen molar-refractivity contribution in [1.82, 2.24) is 4.90 Å². The third-order valence-corrected chi connectivity index (χ3v) is 5.73. The maximum atomic E-state index is 12.8. The molecule has 1 atom stereocenters. The number of benzene rings is 2. The molecule has 28 heavy (non-hydrogen) atoms. The highest BCUT2D eigenvalue weighted by molar-refractivity contribution is 7.92. The topological polar surface area (TPSA) is 101 Å². The molecule has 0 unspecified atom stereocenters. The lowest BCUT2D eigenvalue weighted by atomic mass is 10.1. The minimum atomic E-state index is -3.68. The molecule has 0 aliphatic rings. The van der Waals surface area contributed by atoms with Gasteiger partial charge >= 0.3 is 0 Å². The molecule has 0 fully saturated rings. The van der Waals surface area contributed by atoms with E-state index < -0.39 is 26.9 Å². The van der Waals surface area contributed by atoms with Crippen LogP contribution in [0.4, 0.5) is 11.4 Å². The highest BCUT2D eigenvalue weighted by atomic mass is 32.2. The van der Waals surface area contributed by atoms with Crippen LogP contribution < -0.4 is 4.31 Å². The van der Waals surface area contributed by atoms with Crippen molar-refractivity contribution in [1.29, 1.82) is 0 Å². The summed E-state index contributed by atoms with van der Waals surface area (Å²) in [7, 11) is -2.14. The lowest BCUT2D eigenvalue weighted by Crippen LogP contribution is -2.42. The van der Waals surface area contributed by atoms with Crippen molar-refractivity contribution in [3.05, 3.63) is 69.8 Å². The zero-order valence-corrected chi connectivity index (χ0v) is 17.0. The number of hydrogen-bond acceptors (Lipinski definition) is 5. The number of anilines is 1. The molecule has 0 aliphatic heterocycles. The number of nitrogens with zero attached hydrogens (tertiary/aromatic N) is 3. The number of nitro groups is 1. The van der Waals surface area contributed by atoms with Crippen molar-refractivity contribution >= 4 is 27.3 Å². The third-order valence-electron chi connectivity index (χ3n) is 4.60. The number of non-ortho nitro benzene ring substituents is 1. The van der Waals surface area contributed by atoms with Crippen molar-refractivity contribution in [2.24, 2.45) is 0 Å². The third kappa shape index (κ3) is 4.86. The first-order chi connectivity index (χ1) is 13.0. The van der Waals surface area contributed by atoms with Gasteiger partial charge in [-0.2, -0.15) is 0 Å². The first-order valence-electron chi connectivity index (χ1n) is 8.55. The Hall–Kier alpha value is -2.94. The SMILES string of the molecule is Cc1ccccc1N(CC(=O)N(C)[C@H](C)c1cccc([N+](=O)[O-])c1)S(C)(=O)=O. The quantitative estimate of drug-likeness (QED) is 0.521. The van der Waals surface area contributed by atoms with Crippen LogP contribution in [0.5, 0.6) is 0 Å². The van der Waals surface area contributed by atoms with Gasteiger partial charge in [-0.3, -0.25) is 19.2 Å². The van der Waals surface area contributed by atoms with Gasteiger partial charge in [-0.15, -0.1) is 0 Å². The van der Waals surface area contributed by atoms with Crippen LogP contribution in [0.1, 0.15) is 24.1 Å². The Morgan fingerprint density at radius 2 is 1.82 bits per heavy atom. The molecule has 0 bridgehead atoms. The molecule has 150 valence electrons. The Labute approximate surface area is 164 Å². The number of likely N-dealkylation sites (N-methyl/N-ethyl adjacent to an activating group) is 1. The molecular weight excluding hydrogens is 382 g/mol. The van der Waals surface area contributed by atoms with E-state index in [2.05, 4.69) is 0 Å². The molecule has 0 spiro atoms. The fraction of sp³-hybridized carbons (Fsp3) is 0.316. The Bertz CT molecular complexity index is 991. The van der Waals surface area contributed by atoms with E-state index in [0.717, 1.165) is 16.1 Å². The fourth-order valence-electron chi connectivity index (χ4n) is 2.80. The summed E-state index contributed by atoms with van der Waals surface area (Å²) < 4.78 is 25.6. The van der Waals surface area contributed by atoms with E-state index >= 15 is 0 Å². The van der Waals surface area contributed by atoms with E-state index in [1.54, 1.807) is 57.3 Å². The van der Waals surface area contributed by atoms with Crippen LogP contribution in [0.25, 0.3) is 0 Å². The summed E-state index contributed by atoms with van der Waals surface area (Å²) in [5.41, 5.74) is 1.69. The van der Waals surface area contributed by atoms with Gasteiger partial charge in [0.2, 0.25) is 15.9 Å². The van der Waals surface area contributed by atoms with Crippen molar-refractivity contribution in [2.45, 2.75) is 19.9 Å². The molecule has 0 saturated carbocycles. The molecule has 0 aliphatic carbocycles. The summed E-state index contributed by atoms with van der Waals surface area (Å²) in [4.78, 5) is 24.7. The van der Waals surface area contributed by atoms with E-state index in [-0.39, 0.29) is 12.2 Å². The lowest BCUT2D eigenvalue weighted by Gasteiger charge is -2.29. The average Bonchev–Trinajstić information content (AvgIpc) is 2.64. The molecule has 9 heteroatoms. The van der Waals surface area contributed by atoms with E-state index in [4.69, 9.17) is 0 Å². The van der Waals surface area contributed by atoms with Gasteiger partial charge in [0.15, 0.2) is 0 Å². The second kappa shape index (κ2) is 8.39. The summed E-state index contributed by atoms with van der Waals surface area (Å²) >= 11 is 0. The summed E-state index contributed by atoms with van der Waals surface area (Å²) in [6.45, 7) is 3.14. The number of nitro benzene ring substituents is 1. The zero-order chi connectivity index (χ0) is 21.1. The summed E-state index contributed by atoms with van der Waals surface area (Å²) in [6, 6.07) is 12.5. The van der Waals surface area contributed by atoms with E-state index in [1.807, 2.05) is 0 Å². The van der Waals surface area contributed by atoms with Gasteiger partial charge < -0.3 is 4.90 Å². The van der Waals surface area contributed by atoms with Crippen LogP contribution in [0.2, 0.25) is 0 Å². The number of rotatable bonds is 7. The standard InChI is InChI=1S/C19H23N3O5S/c1-14-8-5-6-11-18(14)21(28(4,26)27)13-19(23)20(3)15(2)16-9-7-10-17(12-16)22(24)25/h5-12,15H,13H2,1-4H3/t15-/m1/s1. The Balaban J connectivity index is 2.27. The molecule has 0 heterocycles. The second-order valence-electron chi connectivity index (χ2n) is 6.59. The summed E-state index contributed by atoms with van der Waals surface area (Å²) in [5.74, 6) is -0.423. The highest BCUT2D eigenvalue weighted by Crippen LogP contribution is 2.25. The monoisotopic (exact) mass is 405 g/mol. The molecule has 2 aromatic rings. The Kier molecular flexibility index (Phi) is 6.40. The maximum Gasteiger partial charge on any atom is 0.269 e. The smallest absolute Gasteiger partial charge is 0.269 e. The van der Waals surface area contributed by atoms with Crippen LogP contribution in [0.3, 0.4) is 0 Å². The number of carbonyl (C=O) groups is 1. The Morgan fingerprint density at radius 3 is 2.39 bits per heavy atom. The molecule has 0 saturated heterocycles. The van der Waals surface area contributed by atoms with Crippen LogP contribution in [0.15, 0.2) is 48.5 Å². The van der Waals surface area contributed by atoms with Gasteiger partial charge in [0.25, 0.3) is 5.69 Å². The van der Waals surface area contributed by atoms with Crippen molar-refractivity contribution < 1.29 is 18.1 Å². The van der Waals surface area contributed by atoms with Crippen LogP contribution in [-0.2, 0) is 14.8 Å². The molecule has 0 N–H and O–H groups in total. The number of aryl methyl sites for hydroxylation is 1. The largest absolute Gasteiger partial charge is 0.337 e. The van der Waals surface area contributed by atoms with Crippen molar-refractivity contribution in [2.75, 3.05) is 24.2 Å². The normalized spacial score (nSPS) is 12.3. The van der Waals surface area contributed by atoms with Gasteiger partial charge in [0.05, 0.1) is 22.9 Å². The molecule has 2 rings (SSSR count). The summed E-state index contributed by atoms with van der Waals surface area (Å²) in [6.07, 6.45) is 1.05. The molecule has 8 nitrogen and oxygen atoms in total. The van der Waals surface area contributed by atoms with E-state index in [0.29, 0.717) is 11.3 Å². The molecule has 2 aromatic carbocycles. The number of sulfonamides is 1. The van der Waals surface area contributed by atoms with Crippen LogP contribution >= 0.6 is 0 Å². The first kappa shape index (κ1) is 21.4. The predicted octanol–water partition coefficient (Wildman–Crippen LogP) is 2.89. The lowest BCUT2D eigenvalue weighted by molar-refractivity contribution is -0.384. The maximum absolute atomic E-state index is 12.8. The Morgan fingerprint density at radius 1 is 1.18 bits per heavy atom. The van der Waals surface area contributed by atoms with Gasteiger partial charge in [-0.1, -0.05) is 30.3 Å². The molecule has 1 amide bonds. The minimum absolute atomic E-state index is 0.0668. The molecule has 0 radical (unpaired) electrons.